The van der Waals surface area contributed by atoms with Gasteiger partial charge < -0.3 is 28.4 Å². The van der Waals surface area contributed by atoms with Crippen molar-refractivity contribution in [1.82, 2.24) is 10.1 Å². The van der Waals surface area contributed by atoms with Crippen LogP contribution in [0.5, 0.6) is 23.0 Å². The lowest BCUT2D eigenvalue weighted by Crippen LogP contribution is -2.30. The molecule has 1 amide bonds. The number of amides is 1. The number of hydrogen-bond donors (Lipinski definition) is 0. The second-order valence-corrected chi connectivity index (χ2v) is 8.12. The van der Waals surface area contributed by atoms with Crippen molar-refractivity contribution in [1.29, 1.82) is 0 Å². The molecule has 0 atom stereocenters. The van der Waals surface area contributed by atoms with Crippen LogP contribution in [0.3, 0.4) is 0 Å². The standard InChI is InChI=1S/C28H27FN2O6/c1-33-23-7-5-6-19(12-23)28(32)31(16-18-8-10-21(29)11-9-18)17-22-15-24(37-30-22)20-13-25(34-2)27(36-4)26(14-20)35-3/h5-15H,16-17H2,1-4H3. The zero-order valence-corrected chi connectivity index (χ0v) is 21.0. The fourth-order valence-electron chi connectivity index (χ4n) is 3.89. The Morgan fingerprint density at radius 3 is 2.19 bits per heavy atom. The van der Waals surface area contributed by atoms with E-state index in [-0.39, 0.29) is 24.8 Å². The molecular weight excluding hydrogens is 479 g/mol. The van der Waals surface area contributed by atoms with Crippen molar-refractivity contribution >= 4 is 5.91 Å². The maximum atomic E-state index is 13.5. The number of hydrogen-bond acceptors (Lipinski definition) is 7. The molecule has 3 aromatic carbocycles. The first kappa shape index (κ1) is 25.6. The smallest absolute Gasteiger partial charge is 0.254 e. The third-order valence-electron chi connectivity index (χ3n) is 5.75. The third kappa shape index (κ3) is 5.83. The summed E-state index contributed by atoms with van der Waals surface area (Å²) >= 11 is 0. The van der Waals surface area contributed by atoms with Gasteiger partial charge in [0.1, 0.15) is 17.3 Å². The molecule has 4 aromatic rings. The molecule has 0 aliphatic heterocycles. The van der Waals surface area contributed by atoms with Crippen molar-refractivity contribution in [2.24, 2.45) is 0 Å². The van der Waals surface area contributed by atoms with Gasteiger partial charge in [0.25, 0.3) is 5.91 Å². The molecule has 192 valence electrons. The molecule has 0 spiro atoms. The van der Waals surface area contributed by atoms with Crippen LogP contribution in [0.4, 0.5) is 4.39 Å². The largest absolute Gasteiger partial charge is 0.497 e. The van der Waals surface area contributed by atoms with Gasteiger partial charge in [0.2, 0.25) is 5.75 Å². The molecule has 0 saturated carbocycles. The van der Waals surface area contributed by atoms with Crippen LogP contribution < -0.4 is 18.9 Å². The van der Waals surface area contributed by atoms with Crippen LogP contribution in [-0.4, -0.2) is 44.4 Å². The van der Waals surface area contributed by atoms with Crippen LogP contribution in [-0.2, 0) is 13.1 Å². The first-order valence-electron chi connectivity index (χ1n) is 11.4. The highest BCUT2D eigenvalue weighted by molar-refractivity contribution is 5.94. The predicted molar refractivity (Wildman–Crippen MR) is 135 cm³/mol. The van der Waals surface area contributed by atoms with Crippen molar-refractivity contribution in [3.8, 4) is 34.3 Å². The highest BCUT2D eigenvalue weighted by Crippen LogP contribution is 2.41. The van der Waals surface area contributed by atoms with E-state index in [4.69, 9.17) is 23.5 Å². The summed E-state index contributed by atoms with van der Waals surface area (Å²) in [5.74, 6) is 1.86. The van der Waals surface area contributed by atoms with Crippen LogP contribution in [0, 0.1) is 5.82 Å². The molecule has 0 radical (unpaired) electrons. The molecule has 8 nitrogen and oxygen atoms in total. The fourth-order valence-corrected chi connectivity index (χ4v) is 3.89. The number of nitrogens with zero attached hydrogens (tertiary/aromatic N) is 2. The van der Waals surface area contributed by atoms with Gasteiger partial charge in [-0.05, 0) is 48.0 Å². The molecule has 0 aliphatic carbocycles. The van der Waals surface area contributed by atoms with E-state index in [1.807, 2.05) is 0 Å². The summed E-state index contributed by atoms with van der Waals surface area (Å²) in [5.41, 5.74) is 2.42. The molecule has 0 saturated heterocycles. The molecular formula is C28H27FN2O6. The van der Waals surface area contributed by atoms with E-state index < -0.39 is 0 Å². The summed E-state index contributed by atoms with van der Waals surface area (Å²) < 4.78 is 40.6. The Balaban J connectivity index is 1.64. The van der Waals surface area contributed by atoms with Gasteiger partial charge >= 0.3 is 0 Å². The second kappa shape index (κ2) is 11.5. The van der Waals surface area contributed by atoms with Crippen molar-refractivity contribution < 1.29 is 32.7 Å². The minimum absolute atomic E-state index is 0.154. The molecule has 9 heteroatoms. The van der Waals surface area contributed by atoms with Gasteiger partial charge in [0, 0.05) is 23.7 Å². The van der Waals surface area contributed by atoms with Gasteiger partial charge in [0.15, 0.2) is 17.3 Å². The van der Waals surface area contributed by atoms with Gasteiger partial charge in [-0.15, -0.1) is 0 Å². The van der Waals surface area contributed by atoms with Crippen molar-refractivity contribution in [3.05, 3.63) is 89.4 Å². The minimum Gasteiger partial charge on any atom is -0.497 e. The van der Waals surface area contributed by atoms with E-state index in [2.05, 4.69) is 5.16 Å². The number of carbonyl (C=O) groups is 1. The van der Waals surface area contributed by atoms with E-state index in [1.165, 1.54) is 33.5 Å². The van der Waals surface area contributed by atoms with Gasteiger partial charge in [-0.25, -0.2) is 4.39 Å². The summed E-state index contributed by atoms with van der Waals surface area (Å²) in [5, 5.41) is 4.19. The van der Waals surface area contributed by atoms with E-state index in [9.17, 15) is 9.18 Å². The molecule has 0 bridgehead atoms. The lowest BCUT2D eigenvalue weighted by molar-refractivity contribution is 0.0726. The number of aromatic nitrogens is 1. The van der Waals surface area contributed by atoms with Crippen LogP contribution in [0.2, 0.25) is 0 Å². The van der Waals surface area contributed by atoms with E-state index in [1.54, 1.807) is 66.6 Å². The number of ether oxygens (including phenoxy) is 4. The highest BCUT2D eigenvalue weighted by Gasteiger charge is 2.21. The molecule has 0 fully saturated rings. The number of benzene rings is 3. The van der Waals surface area contributed by atoms with Crippen molar-refractivity contribution in [3.63, 3.8) is 0 Å². The molecule has 4 rings (SSSR count). The average Bonchev–Trinajstić information content (AvgIpc) is 3.41. The normalized spacial score (nSPS) is 10.6. The van der Waals surface area contributed by atoms with Crippen LogP contribution >= 0.6 is 0 Å². The Hall–Kier alpha value is -4.53. The number of methoxy groups -OCH3 is 4. The number of rotatable bonds is 10. The van der Waals surface area contributed by atoms with Gasteiger partial charge in [-0.3, -0.25) is 4.79 Å². The number of halogens is 1. The second-order valence-electron chi connectivity index (χ2n) is 8.12. The third-order valence-corrected chi connectivity index (χ3v) is 5.75. The van der Waals surface area contributed by atoms with Crippen molar-refractivity contribution in [2.75, 3.05) is 28.4 Å². The van der Waals surface area contributed by atoms with Gasteiger partial charge in [0.05, 0.1) is 35.0 Å². The van der Waals surface area contributed by atoms with Crippen LogP contribution in [0.25, 0.3) is 11.3 Å². The maximum absolute atomic E-state index is 13.5. The average molecular weight is 507 g/mol. The van der Waals surface area contributed by atoms with E-state index in [0.717, 1.165) is 5.56 Å². The summed E-state index contributed by atoms with van der Waals surface area (Å²) in [4.78, 5) is 15.1. The Kier molecular flexibility index (Phi) is 7.92. The summed E-state index contributed by atoms with van der Waals surface area (Å²) in [6.45, 7) is 0.393. The lowest BCUT2D eigenvalue weighted by atomic mass is 10.1. The number of carbonyl (C=O) groups excluding carboxylic acids is 1. The van der Waals surface area contributed by atoms with Gasteiger partial charge in [-0.2, -0.15) is 0 Å². The Morgan fingerprint density at radius 2 is 1.57 bits per heavy atom. The first-order valence-corrected chi connectivity index (χ1v) is 11.4. The predicted octanol–water partition coefficient (Wildman–Crippen LogP) is 5.36. The lowest BCUT2D eigenvalue weighted by Gasteiger charge is -2.22. The van der Waals surface area contributed by atoms with Crippen molar-refractivity contribution in [2.45, 2.75) is 13.1 Å². The zero-order valence-electron chi connectivity index (χ0n) is 21.0. The molecule has 37 heavy (non-hydrogen) atoms. The summed E-state index contributed by atoms with van der Waals surface area (Å²) in [6.07, 6.45) is 0. The molecule has 0 unspecified atom stereocenters. The van der Waals surface area contributed by atoms with Gasteiger partial charge in [-0.1, -0.05) is 23.4 Å². The van der Waals surface area contributed by atoms with E-state index >= 15 is 0 Å². The van der Waals surface area contributed by atoms with Crippen LogP contribution in [0.15, 0.2) is 71.3 Å². The quantitative estimate of drug-likeness (QED) is 0.286. The van der Waals surface area contributed by atoms with Crippen LogP contribution in [0.1, 0.15) is 21.6 Å². The zero-order chi connectivity index (χ0) is 26.4. The Morgan fingerprint density at radius 1 is 0.865 bits per heavy atom. The molecule has 1 heterocycles. The van der Waals surface area contributed by atoms with E-state index in [0.29, 0.717) is 45.6 Å². The minimum atomic E-state index is -0.346. The monoisotopic (exact) mass is 506 g/mol. The topological polar surface area (TPSA) is 83.3 Å². The maximum Gasteiger partial charge on any atom is 0.254 e. The Labute approximate surface area is 214 Å². The fraction of sp³-hybridized carbons (Fsp3) is 0.214. The molecule has 1 aromatic heterocycles. The SMILES string of the molecule is COc1cccc(C(=O)N(Cc2ccc(F)cc2)Cc2cc(-c3cc(OC)c(OC)c(OC)c3)on2)c1. The Bertz CT molecular complexity index is 1340. The summed E-state index contributed by atoms with van der Waals surface area (Å²) in [6, 6.07) is 18.2. The highest BCUT2D eigenvalue weighted by atomic mass is 19.1. The molecule has 0 N–H and O–H groups in total. The molecule has 0 aliphatic rings. The summed E-state index contributed by atoms with van der Waals surface area (Å²) in [7, 11) is 6.14. The first-order chi connectivity index (χ1) is 17.9.